The molecule has 0 fully saturated rings. The van der Waals surface area contributed by atoms with E-state index in [1.54, 1.807) is 6.92 Å². The number of anilines is 3. The van der Waals surface area contributed by atoms with Gasteiger partial charge in [0, 0.05) is 0 Å². The SMILES string of the molecule is CCOC(=O)C(=O)c1nc(N)nc(N)c1N. The molecule has 0 saturated heterocycles. The van der Waals surface area contributed by atoms with Crippen LogP contribution in [0.4, 0.5) is 17.5 Å². The van der Waals surface area contributed by atoms with Gasteiger partial charge in [0.1, 0.15) is 11.4 Å². The molecule has 1 rings (SSSR count). The van der Waals surface area contributed by atoms with E-state index >= 15 is 0 Å². The van der Waals surface area contributed by atoms with Gasteiger partial charge in [-0.3, -0.25) is 4.79 Å². The highest BCUT2D eigenvalue weighted by Crippen LogP contribution is 2.17. The Morgan fingerprint density at radius 1 is 1.25 bits per heavy atom. The third kappa shape index (κ3) is 2.16. The first kappa shape index (κ1) is 11.7. The summed E-state index contributed by atoms with van der Waals surface area (Å²) in [5, 5.41) is 0. The van der Waals surface area contributed by atoms with Crippen molar-refractivity contribution in [3.05, 3.63) is 5.69 Å². The first-order valence-corrected chi connectivity index (χ1v) is 4.37. The Morgan fingerprint density at radius 3 is 2.44 bits per heavy atom. The number of nitrogen functional groups attached to an aromatic ring is 3. The molecule has 0 atom stereocenters. The molecule has 8 nitrogen and oxygen atoms in total. The second kappa shape index (κ2) is 4.43. The number of hydrogen-bond donors (Lipinski definition) is 3. The highest BCUT2D eigenvalue weighted by atomic mass is 16.5. The third-order valence-electron chi connectivity index (χ3n) is 1.67. The number of aromatic nitrogens is 2. The molecule has 0 radical (unpaired) electrons. The molecule has 0 aliphatic heterocycles. The lowest BCUT2D eigenvalue weighted by atomic mass is 10.2. The summed E-state index contributed by atoms with van der Waals surface area (Å²) >= 11 is 0. The summed E-state index contributed by atoms with van der Waals surface area (Å²) in [6, 6.07) is 0. The number of hydrogen-bond acceptors (Lipinski definition) is 8. The van der Waals surface area contributed by atoms with E-state index in [1.165, 1.54) is 0 Å². The fourth-order valence-corrected chi connectivity index (χ4v) is 0.971. The Hall–Kier alpha value is -2.38. The van der Waals surface area contributed by atoms with Crippen molar-refractivity contribution in [2.45, 2.75) is 6.92 Å². The van der Waals surface area contributed by atoms with E-state index in [0.717, 1.165) is 0 Å². The van der Waals surface area contributed by atoms with E-state index in [0.29, 0.717) is 0 Å². The molecule has 0 unspecified atom stereocenters. The van der Waals surface area contributed by atoms with Gasteiger partial charge in [-0.05, 0) is 6.92 Å². The number of ketones is 1. The first-order chi connectivity index (χ1) is 7.47. The fraction of sp³-hybridized carbons (Fsp3) is 0.250. The number of esters is 1. The molecule has 0 bridgehead atoms. The van der Waals surface area contributed by atoms with Crippen LogP contribution < -0.4 is 17.2 Å². The molecule has 0 amide bonds. The van der Waals surface area contributed by atoms with Crippen LogP contribution in [0.1, 0.15) is 17.4 Å². The first-order valence-electron chi connectivity index (χ1n) is 4.37. The minimum Gasteiger partial charge on any atom is -0.460 e. The third-order valence-corrected chi connectivity index (χ3v) is 1.67. The summed E-state index contributed by atoms with van der Waals surface area (Å²) < 4.78 is 4.51. The lowest BCUT2D eigenvalue weighted by Crippen LogP contribution is -2.22. The molecule has 16 heavy (non-hydrogen) atoms. The van der Waals surface area contributed by atoms with E-state index in [2.05, 4.69) is 14.7 Å². The van der Waals surface area contributed by atoms with Gasteiger partial charge >= 0.3 is 5.97 Å². The van der Waals surface area contributed by atoms with E-state index in [-0.39, 0.29) is 29.8 Å². The van der Waals surface area contributed by atoms with Gasteiger partial charge < -0.3 is 21.9 Å². The number of Topliss-reactive ketones (excluding diaryl/α,β-unsaturated/α-hetero) is 1. The molecule has 1 aromatic rings. The van der Waals surface area contributed by atoms with Gasteiger partial charge in [0.25, 0.3) is 5.78 Å². The van der Waals surface area contributed by atoms with Crippen molar-refractivity contribution in [3.63, 3.8) is 0 Å². The van der Waals surface area contributed by atoms with Crippen LogP contribution >= 0.6 is 0 Å². The van der Waals surface area contributed by atoms with Crippen LogP contribution in [0.5, 0.6) is 0 Å². The van der Waals surface area contributed by atoms with Gasteiger partial charge in [-0.1, -0.05) is 0 Å². The molecule has 1 heterocycles. The highest BCUT2D eigenvalue weighted by molar-refractivity contribution is 6.41. The normalized spacial score (nSPS) is 9.81. The van der Waals surface area contributed by atoms with Crippen LogP contribution in [0.15, 0.2) is 0 Å². The smallest absolute Gasteiger partial charge is 0.381 e. The maximum absolute atomic E-state index is 11.5. The zero-order valence-corrected chi connectivity index (χ0v) is 8.56. The van der Waals surface area contributed by atoms with Crippen molar-refractivity contribution in [2.24, 2.45) is 0 Å². The van der Waals surface area contributed by atoms with Crippen LogP contribution in [-0.2, 0) is 9.53 Å². The number of nitrogens with zero attached hydrogens (tertiary/aromatic N) is 2. The highest BCUT2D eigenvalue weighted by Gasteiger charge is 2.23. The number of ether oxygens (including phenoxy) is 1. The predicted molar refractivity (Wildman–Crippen MR) is 56.2 cm³/mol. The van der Waals surface area contributed by atoms with Crippen LogP contribution in [0.2, 0.25) is 0 Å². The van der Waals surface area contributed by atoms with Crippen LogP contribution in [-0.4, -0.2) is 28.3 Å². The molecule has 0 aliphatic rings. The number of rotatable bonds is 3. The summed E-state index contributed by atoms with van der Waals surface area (Å²) in [5.41, 5.74) is 15.6. The van der Waals surface area contributed by atoms with Crippen molar-refractivity contribution in [3.8, 4) is 0 Å². The molecule has 0 aliphatic carbocycles. The van der Waals surface area contributed by atoms with Crippen molar-refractivity contribution >= 4 is 29.2 Å². The molecule has 0 spiro atoms. The van der Waals surface area contributed by atoms with E-state index < -0.39 is 11.8 Å². The lowest BCUT2D eigenvalue weighted by Gasteiger charge is -2.06. The van der Waals surface area contributed by atoms with Gasteiger partial charge in [0.2, 0.25) is 5.95 Å². The Morgan fingerprint density at radius 2 is 1.88 bits per heavy atom. The molecular weight excluding hydrogens is 214 g/mol. The number of carbonyl (C=O) groups excluding carboxylic acids is 2. The fourth-order valence-electron chi connectivity index (χ4n) is 0.971. The van der Waals surface area contributed by atoms with Crippen LogP contribution in [0.3, 0.4) is 0 Å². The number of carbonyl (C=O) groups is 2. The molecule has 0 saturated carbocycles. The van der Waals surface area contributed by atoms with Crippen molar-refractivity contribution < 1.29 is 14.3 Å². The van der Waals surface area contributed by atoms with Crippen LogP contribution in [0.25, 0.3) is 0 Å². The lowest BCUT2D eigenvalue weighted by molar-refractivity contribution is -0.137. The molecular formula is C8H11N5O3. The Balaban J connectivity index is 3.13. The Kier molecular flexibility index (Phi) is 3.24. The van der Waals surface area contributed by atoms with Gasteiger partial charge in [0.05, 0.1) is 6.61 Å². The maximum Gasteiger partial charge on any atom is 0.381 e. The summed E-state index contributed by atoms with van der Waals surface area (Å²) in [7, 11) is 0. The second-order valence-corrected chi connectivity index (χ2v) is 2.78. The van der Waals surface area contributed by atoms with E-state index in [4.69, 9.17) is 17.2 Å². The van der Waals surface area contributed by atoms with Gasteiger partial charge in [-0.25, -0.2) is 9.78 Å². The van der Waals surface area contributed by atoms with Gasteiger partial charge in [0.15, 0.2) is 5.82 Å². The zero-order valence-electron chi connectivity index (χ0n) is 8.56. The number of nitrogens with two attached hydrogens (primary N) is 3. The topological polar surface area (TPSA) is 147 Å². The Labute approximate surface area is 90.8 Å². The molecule has 6 N–H and O–H groups in total. The van der Waals surface area contributed by atoms with Crippen molar-refractivity contribution in [1.82, 2.24) is 9.97 Å². The maximum atomic E-state index is 11.5. The van der Waals surface area contributed by atoms with Gasteiger partial charge in [-0.2, -0.15) is 4.98 Å². The average Bonchev–Trinajstić information content (AvgIpc) is 2.22. The minimum absolute atomic E-state index is 0.0700. The monoisotopic (exact) mass is 225 g/mol. The van der Waals surface area contributed by atoms with E-state index in [1.807, 2.05) is 0 Å². The summed E-state index contributed by atoms with van der Waals surface area (Å²) in [4.78, 5) is 29.7. The zero-order chi connectivity index (χ0) is 12.3. The summed E-state index contributed by atoms with van der Waals surface area (Å²) in [5.74, 6) is -2.45. The Bertz CT molecular complexity index is 446. The second-order valence-electron chi connectivity index (χ2n) is 2.78. The minimum atomic E-state index is -1.06. The van der Waals surface area contributed by atoms with Crippen molar-refractivity contribution in [1.29, 1.82) is 0 Å². The summed E-state index contributed by atoms with van der Waals surface area (Å²) in [6.07, 6.45) is 0. The molecule has 0 aromatic carbocycles. The van der Waals surface area contributed by atoms with E-state index in [9.17, 15) is 9.59 Å². The molecule has 86 valence electrons. The van der Waals surface area contributed by atoms with Crippen molar-refractivity contribution in [2.75, 3.05) is 23.8 Å². The quantitative estimate of drug-likeness (QED) is 0.336. The average molecular weight is 225 g/mol. The largest absolute Gasteiger partial charge is 0.460 e. The molecule has 8 heteroatoms. The standard InChI is InChI=1S/C8H11N5O3/c1-2-16-7(15)5(14)4-3(9)6(10)13-8(11)12-4/h2,9H2,1H3,(H4,10,11,12,13). The molecule has 1 aromatic heterocycles. The van der Waals surface area contributed by atoms with Gasteiger partial charge in [-0.15, -0.1) is 0 Å². The van der Waals surface area contributed by atoms with Crippen LogP contribution in [0, 0.1) is 0 Å². The summed E-state index contributed by atoms with van der Waals surface area (Å²) in [6.45, 7) is 1.64. The predicted octanol–water partition coefficient (Wildman–Crippen LogP) is -1.03.